The van der Waals surface area contributed by atoms with Gasteiger partial charge in [0.25, 0.3) is 15.7 Å². The van der Waals surface area contributed by atoms with Crippen LogP contribution in [0.3, 0.4) is 0 Å². The van der Waals surface area contributed by atoms with Gasteiger partial charge in [0.15, 0.2) is 5.78 Å². The van der Waals surface area contributed by atoms with Gasteiger partial charge in [0.05, 0.1) is 20.6 Å². The third kappa shape index (κ3) is 3.57. The van der Waals surface area contributed by atoms with Gasteiger partial charge in [-0.3, -0.25) is 14.9 Å². The van der Waals surface area contributed by atoms with Gasteiger partial charge in [0, 0.05) is 12.1 Å². The van der Waals surface area contributed by atoms with E-state index in [0.29, 0.717) is 0 Å². The number of nitro groups is 1. The van der Waals surface area contributed by atoms with Gasteiger partial charge < -0.3 is 0 Å². The number of halogens is 3. The Hall–Kier alpha value is -1.48. The van der Waals surface area contributed by atoms with E-state index in [2.05, 4.69) is 4.40 Å². The zero-order valence-electron chi connectivity index (χ0n) is 12.9. The number of benzene rings is 1. The number of ketones is 1. The summed E-state index contributed by atoms with van der Waals surface area (Å²) in [4.78, 5) is 20.1. The van der Waals surface area contributed by atoms with Crippen LogP contribution in [-0.4, -0.2) is 35.1 Å². The minimum absolute atomic E-state index is 0.0822. The SMILES string of the molecule is CC1=C(Cl)C(=O)[C@@](C)(Cl)[C@H](Cl)C1=NS(=O)(=O)c1cccc([N+](=O)[O-])c1. The largest absolute Gasteiger partial charge is 0.291 e. The first-order chi connectivity index (χ1) is 11.4. The fourth-order valence-corrected chi connectivity index (χ4v) is 4.15. The van der Waals surface area contributed by atoms with Crippen molar-refractivity contribution in [2.75, 3.05) is 0 Å². The summed E-state index contributed by atoms with van der Waals surface area (Å²) in [6.07, 6.45) is 0. The molecule has 1 aromatic rings. The van der Waals surface area contributed by atoms with Crippen LogP contribution in [0.1, 0.15) is 13.8 Å². The Morgan fingerprint density at radius 2 is 1.96 bits per heavy atom. The first-order valence-corrected chi connectivity index (χ1v) is 9.36. The molecule has 0 aromatic heterocycles. The molecule has 1 aromatic carbocycles. The van der Waals surface area contributed by atoms with Crippen molar-refractivity contribution >= 4 is 62.0 Å². The second-order valence-electron chi connectivity index (χ2n) is 5.41. The third-order valence-corrected chi connectivity index (χ3v) is 6.50. The van der Waals surface area contributed by atoms with Gasteiger partial charge in [-0.05, 0) is 25.5 Å². The number of carbonyl (C=O) groups is 1. The topological polar surface area (TPSA) is 107 Å². The average molecular weight is 426 g/mol. The highest BCUT2D eigenvalue weighted by Crippen LogP contribution is 2.38. The molecule has 25 heavy (non-hydrogen) atoms. The number of hydrogen-bond acceptors (Lipinski definition) is 5. The van der Waals surface area contributed by atoms with E-state index < -0.39 is 41.6 Å². The predicted octanol–water partition coefficient (Wildman–Crippen LogP) is 3.42. The average Bonchev–Trinajstić information content (AvgIpc) is 2.56. The zero-order chi connectivity index (χ0) is 19.2. The van der Waals surface area contributed by atoms with E-state index in [0.717, 1.165) is 18.2 Å². The highest BCUT2D eigenvalue weighted by molar-refractivity contribution is 7.90. The standard InChI is InChI=1S/C14H11Cl3N2O5S/c1-7-10(15)13(20)14(2,17)12(16)11(7)18-25(23,24)9-5-3-4-8(6-9)19(21)22/h3-6,12H,1-2H3/t12-,14+/m1/s1. The maximum absolute atomic E-state index is 12.5. The highest BCUT2D eigenvalue weighted by atomic mass is 35.5. The molecule has 134 valence electrons. The van der Waals surface area contributed by atoms with Crippen molar-refractivity contribution in [3.8, 4) is 0 Å². The molecular weight excluding hydrogens is 415 g/mol. The Kier molecular flexibility index (Phi) is 5.30. The van der Waals surface area contributed by atoms with E-state index >= 15 is 0 Å². The van der Waals surface area contributed by atoms with Crippen LogP contribution >= 0.6 is 34.8 Å². The maximum atomic E-state index is 12.5. The van der Waals surface area contributed by atoms with Crippen molar-refractivity contribution < 1.29 is 18.1 Å². The number of sulfonamides is 1. The molecular formula is C14H11Cl3N2O5S. The lowest BCUT2D eigenvalue weighted by molar-refractivity contribution is -0.385. The van der Waals surface area contributed by atoms with Gasteiger partial charge >= 0.3 is 0 Å². The highest BCUT2D eigenvalue weighted by Gasteiger charge is 2.48. The van der Waals surface area contributed by atoms with E-state index in [1.807, 2.05) is 0 Å². The number of alkyl halides is 2. The van der Waals surface area contributed by atoms with Crippen LogP contribution < -0.4 is 0 Å². The Morgan fingerprint density at radius 3 is 2.52 bits per heavy atom. The summed E-state index contributed by atoms with van der Waals surface area (Å²) in [7, 11) is -4.34. The molecule has 7 nitrogen and oxygen atoms in total. The third-order valence-electron chi connectivity index (χ3n) is 3.62. The molecule has 0 saturated carbocycles. The van der Waals surface area contributed by atoms with Crippen molar-refractivity contribution in [2.24, 2.45) is 4.40 Å². The summed E-state index contributed by atoms with van der Waals surface area (Å²) in [5.74, 6) is -0.639. The second kappa shape index (κ2) is 6.68. The lowest BCUT2D eigenvalue weighted by Crippen LogP contribution is -2.48. The van der Waals surface area contributed by atoms with Crippen LogP contribution in [0, 0.1) is 10.1 Å². The summed E-state index contributed by atoms with van der Waals surface area (Å²) >= 11 is 18.2. The molecule has 1 aliphatic carbocycles. The van der Waals surface area contributed by atoms with Crippen LogP contribution in [0.2, 0.25) is 0 Å². The maximum Gasteiger partial charge on any atom is 0.282 e. The zero-order valence-corrected chi connectivity index (χ0v) is 15.9. The Labute approximate surface area is 158 Å². The van der Waals surface area contributed by atoms with Crippen LogP contribution in [0.4, 0.5) is 5.69 Å². The summed E-state index contributed by atoms with van der Waals surface area (Å²) < 4.78 is 28.6. The predicted molar refractivity (Wildman–Crippen MR) is 95.2 cm³/mol. The fraction of sp³-hybridized carbons (Fsp3) is 0.286. The van der Waals surface area contributed by atoms with E-state index in [4.69, 9.17) is 34.8 Å². The Morgan fingerprint density at radius 1 is 1.36 bits per heavy atom. The molecule has 0 amide bonds. The van der Waals surface area contributed by atoms with Gasteiger partial charge in [-0.25, -0.2) is 0 Å². The van der Waals surface area contributed by atoms with E-state index in [1.165, 1.54) is 19.9 Å². The van der Waals surface area contributed by atoms with Crippen LogP contribution in [0.15, 0.2) is 44.2 Å². The molecule has 0 aliphatic heterocycles. The summed E-state index contributed by atoms with van der Waals surface area (Å²) in [6, 6.07) is 4.39. The van der Waals surface area contributed by atoms with Gasteiger partial charge in [-0.1, -0.05) is 17.7 Å². The van der Waals surface area contributed by atoms with Gasteiger partial charge in [-0.15, -0.1) is 23.2 Å². The first-order valence-electron chi connectivity index (χ1n) is 6.73. The van der Waals surface area contributed by atoms with Gasteiger partial charge in [0.1, 0.15) is 10.3 Å². The molecule has 1 aliphatic rings. The molecule has 0 bridgehead atoms. The van der Waals surface area contributed by atoms with Crippen molar-refractivity contribution in [2.45, 2.75) is 29.0 Å². The number of non-ortho nitro benzene ring substituents is 1. The second-order valence-corrected chi connectivity index (χ2v) is 8.62. The van der Waals surface area contributed by atoms with E-state index in [1.54, 1.807) is 0 Å². The number of Topliss-reactive ketones (excluding diaryl/α,β-unsaturated/α-hetero) is 1. The number of rotatable bonds is 3. The van der Waals surface area contributed by atoms with Gasteiger partial charge in [0.2, 0.25) is 0 Å². The van der Waals surface area contributed by atoms with E-state index in [9.17, 15) is 23.3 Å². The molecule has 0 spiro atoms. The number of nitrogens with zero attached hydrogens (tertiary/aromatic N) is 2. The summed E-state index contributed by atoms with van der Waals surface area (Å²) in [6.45, 7) is 2.70. The summed E-state index contributed by atoms with van der Waals surface area (Å²) in [5, 5.41) is 9.30. The van der Waals surface area contributed by atoms with Crippen molar-refractivity contribution in [1.82, 2.24) is 0 Å². The molecule has 2 rings (SSSR count). The molecule has 0 fully saturated rings. The van der Waals surface area contributed by atoms with Crippen LogP contribution in [0.5, 0.6) is 0 Å². The first kappa shape index (κ1) is 19.8. The molecule has 11 heteroatoms. The minimum atomic E-state index is -4.34. The van der Waals surface area contributed by atoms with Crippen LogP contribution in [0.25, 0.3) is 0 Å². The molecule has 0 heterocycles. The van der Waals surface area contributed by atoms with E-state index in [-0.39, 0.29) is 16.3 Å². The molecule has 2 atom stereocenters. The number of allylic oxidation sites excluding steroid dienone is 2. The van der Waals surface area contributed by atoms with Crippen molar-refractivity contribution in [1.29, 1.82) is 0 Å². The Bertz CT molecular complexity index is 938. The number of hydrogen-bond donors (Lipinski definition) is 0. The lowest BCUT2D eigenvalue weighted by atomic mass is 9.87. The lowest BCUT2D eigenvalue weighted by Gasteiger charge is -2.32. The summed E-state index contributed by atoms with van der Waals surface area (Å²) in [5.41, 5.74) is -0.510. The molecule has 0 saturated heterocycles. The molecule has 0 unspecified atom stereocenters. The minimum Gasteiger partial charge on any atom is -0.291 e. The van der Waals surface area contributed by atoms with Crippen molar-refractivity contribution in [3.05, 3.63) is 45.0 Å². The quantitative estimate of drug-likeness (QED) is 0.419. The van der Waals surface area contributed by atoms with Crippen LogP contribution in [-0.2, 0) is 14.8 Å². The molecule has 0 N–H and O–H groups in total. The smallest absolute Gasteiger partial charge is 0.282 e. The normalized spacial score (nSPS) is 26.2. The number of nitro benzene ring substituents is 1. The molecule has 0 radical (unpaired) electrons. The van der Waals surface area contributed by atoms with Gasteiger partial charge in [-0.2, -0.15) is 12.8 Å². The van der Waals surface area contributed by atoms with Crippen molar-refractivity contribution in [3.63, 3.8) is 0 Å². The number of carbonyl (C=O) groups excluding carboxylic acids is 1. The Balaban J connectivity index is 2.63. The monoisotopic (exact) mass is 424 g/mol. The fourth-order valence-electron chi connectivity index (χ4n) is 2.11.